The summed E-state index contributed by atoms with van der Waals surface area (Å²) in [6.45, 7) is 1.71. The van der Waals surface area contributed by atoms with Gasteiger partial charge in [0.2, 0.25) is 0 Å². The van der Waals surface area contributed by atoms with E-state index in [4.69, 9.17) is 10.6 Å². The minimum Gasteiger partial charge on any atom is -0.478 e. The molecule has 2 aliphatic heterocycles. The van der Waals surface area contributed by atoms with Gasteiger partial charge in [0.05, 0.1) is 4.21 Å². The largest absolute Gasteiger partial charge is 0.478 e. The molecule has 0 saturated carbocycles. The number of aliphatic carboxylic acids is 2. The van der Waals surface area contributed by atoms with Gasteiger partial charge in [0.15, 0.2) is 16.4 Å². The van der Waals surface area contributed by atoms with Gasteiger partial charge in [0.1, 0.15) is 22.8 Å². The fourth-order valence-electron chi connectivity index (χ4n) is 3.73. The number of amides is 2. The minimum absolute atomic E-state index is 0.00383. The first-order valence-electron chi connectivity index (χ1n) is 11.5. The highest BCUT2D eigenvalue weighted by atomic mass is 32.2. The van der Waals surface area contributed by atoms with Crippen LogP contribution in [0.2, 0.25) is 0 Å². The molecule has 0 aliphatic carbocycles. The Balaban J connectivity index is 1.52. The Labute approximate surface area is 255 Å². The standard InChI is InChI=1S/C21H20N6O10S5/c1-2-38-19(18(35)36)37-25-9(7-5-41-21(22)23-7)13(29)24-10-14(30)27-11(17(33)34)6(3-39-15(10)27)4-40-20-8(16(31)32)12(28)26-42-20/h5,10,15,19H,2-4H2,1H3,(H2,22,23)(H,24,29)(H,26,28)(H,31,32)(H,33,34)(H,35,36)/b25-9+/t10-,15-,19?/m1/s1. The fourth-order valence-corrected chi connectivity index (χ4v) is 8.28. The number of rotatable bonds is 13. The number of thioether (sulfide) groups is 3. The van der Waals surface area contributed by atoms with E-state index in [2.05, 4.69) is 19.8 Å². The zero-order valence-electron chi connectivity index (χ0n) is 21.1. The second-order valence-electron chi connectivity index (χ2n) is 8.15. The molecule has 0 aromatic carbocycles. The van der Waals surface area contributed by atoms with Crippen LogP contribution in [0.3, 0.4) is 0 Å². The van der Waals surface area contributed by atoms with Crippen LogP contribution < -0.4 is 16.6 Å². The number of β-lactam (4-membered cyclic amide) rings is 1. The number of oxime groups is 1. The van der Waals surface area contributed by atoms with E-state index in [-0.39, 0.29) is 32.2 Å². The number of nitrogens with two attached hydrogens (primary N) is 1. The van der Waals surface area contributed by atoms with Gasteiger partial charge in [-0.15, -0.1) is 46.6 Å². The predicted octanol–water partition coefficient (Wildman–Crippen LogP) is 0.589. The van der Waals surface area contributed by atoms with Crippen molar-refractivity contribution in [2.75, 3.05) is 23.0 Å². The molecular formula is C21H20N6O10S5. The van der Waals surface area contributed by atoms with E-state index in [1.54, 1.807) is 6.92 Å². The molecule has 42 heavy (non-hydrogen) atoms. The molecule has 21 heteroatoms. The van der Waals surface area contributed by atoms with E-state index < -0.39 is 63.4 Å². The van der Waals surface area contributed by atoms with Crippen molar-refractivity contribution in [2.24, 2.45) is 5.16 Å². The Kier molecular flexibility index (Phi) is 9.86. The Morgan fingerprint density at radius 2 is 2.02 bits per heavy atom. The van der Waals surface area contributed by atoms with Crippen molar-refractivity contribution in [1.82, 2.24) is 19.6 Å². The van der Waals surface area contributed by atoms with Gasteiger partial charge >= 0.3 is 17.9 Å². The van der Waals surface area contributed by atoms with Crippen LogP contribution in [0, 0.1) is 0 Å². The van der Waals surface area contributed by atoms with Crippen molar-refractivity contribution in [1.29, 1.82) is 0 Å². The number of aromatic amines is 1. The van der Waals surface area contributed by atoms with Crippen LogP contribution in [0.25, 0.3) is 0 Å². The lowest BCUT2D eigenvalue weighted by Gasteiger charge is -2.49. The molecule has 7 N–H and O–H groups in total. The van der Waals surface area contributed by atoms with Crippen molar-refractivity contribution >= 4 is 98.7 Å². The molecular weight excluding hydrogens is 657 g/mol. The average molecular weight is 677 g/mol. The van der Waals surface area contributed by atoms with Crippen LogP contribution in [0.15, 0.2) is 30.8 Å². The molecule has 1 saturated heterocycles. The van der Waals surface area contributed by atoms with Crippen LogP contribution in [0.4, 0.5) is 5.13 Å². The van der Waals surface area contributed by atoms with Gasteiger partial charge in [0, 0.05) is 16.9 Å². The number of aromatic nitrogens is 2. The first-order chi connectivity index (χ1) is 19.9. The number of carbonyl (C=O) groups excluding carboxylic acids is 2. The Hall–Kier alpha value is -3.53. The van der Waals surface area contributed by atoms with Gasteiger partial charge in [-0.05, 0) is 11.3 Å². The van der Waals surface area contributed by atoms with Crippen LogP contribution in [-0.2, 0) is 24.0 Å². The maximum Gasteiger partial charge on any atom is 0.358 e. The molecule has 16 nitrogen and oxygen atoms in total. The van der Waals surface area contributed by atoms with Crippen LogP contribution >= 0.6 is 58.2 Å². The molecule has 224 valence electrons. The molecule has 0 radical (unpaired) electrons. The summed E-state index contributed by atoms with van der Waals surface area (Å²) in [7, 11) is 0. The average Bonchev–Trinajstić information content (AvgIpc) is 3.53. The van der Waals surface area contributed by atoms with Crippen molar-refractivity contribution < 1.29 is 44.1 Å². The smallest absolute Gasteiger partial charge is 0.358 e. The first-order valence-corrected chi connectivity index (χ1v) is 16.3. The topological polar surface area (TPSA) is 255 Å². The zero-order chi connectivity index (χ0) is 30.7. The van der Waals surface area contributed by atoms with E-state index in [9.17, 15) is 44.1 Å². The number of nitrogens with zero attached hydrogens (tertiary/aromatic N) is 3. The molecule has 2 aromatic heterocycles. The monoisotopic (exact) mass is 676 g/mol. The molecule has 4 heterocycles. The summed E-state index contributed by atoms with van der Waals surface area (Å²) < 4.78 is 2.49. The van der Waals surface area contributed by atoms with Crippen molar-refractivity contribution in [3.05, 3.63) is 38.3 Å². The highest BCUT2D eigenvalue weighted by molar-refractivity contribution is 8.02. The van der Waals surface area contributed by atoms with Crippen molar-refractivity contribution in [3.63, 3.8) is 0 Å². The number of hydrogen-bond acceptors (Lipinski definition) is 15. The Bertz CT molecular complexity index is 1560. The highest BCUT2D eigenvalue weighted by Crippen LogP contribution is 2.42. The lowest BCUT2D eigenvalue weighted by molar-refractivity contribution is -0.150. The summed E-state index contributed by atoms with van der Waals surface area (Å²) in [5.74, 6) is -5.26. The third-order valence-corrected chi connectivity index (χ3v) is 10.7. The Morgan fingerprint density at radius 3 is 2.62 bits per heavy atom. The number of anilines is 1. The van der Waals surface area contributed by atoms with Gasteiger partial charge in [-0.2, -0.15) is 0 Å². The SMILES string of the molecule is CCSC(O/N=C(/C(=O)N[C@@H]1C(=O)N2C(C(=O)O)=C(CSc3s[nH]c(=O)c3C(=O)O)CS[C@H]12)c1csc(N)n1)C(=O)O. The number of carbonyl (C=O) groups is 5. The Morgan fingerprint density at radius 1 is 1.29 bits per heavy atom. The lowest BCUT2D eigenvalue weighted by Crippen LogP contribution is -2.71. The molecule has 4 rings (SSSR count). The number of fused-ring (bicyclic) bond motifs is 1. The van der Waals surface area contributed by atoms with E-state index >= 15 is 0 Å². The highest BCUT2D eigenvalue weighted by Gasteiger charge is 2.54. The van der Waals surface area contributed by atoms with Gasteiger partial charge < -0.3 is 31.2 Å². The normalized spacial score (nSPS) is 19.1. The number of carboxylic acid groups (broad SMARTS) is 3. The van der Waals surface area contributed by atoms with Gasteiger partial charge in [-0.1, -0.05) is 23.6 Å². The van der Waals surface area contributed by atoms with Crippen LogP contribution in [0.1, 0.15) is 23.0 Å². The molecule has 2 aliphatic rings. The molecule has 2 aromatic rings. The number of nitrogens with one attached hydrogen (secondary N) is 2. The second kappa shape index (κ2) is 13.2. The molecule has 1 unspecified atom stereocenters. The number of H-pyrrole nitrogens is 1. The zero-order valence-corrected chi connectivity index (χ0v) is 25.2. The predicted molar refractivity (Wildman–Crippen MR) is 156 cm³/mol. The molecule has 3 atom stereocenters. The lowest BCUT2D eigenvalue weighted by atomic mass is 10.0. The summed E-state index contributed by atoms with van der Waals surface area (Å²) >= 11 is 4.85. The second-order valence-corrected chi connectivity index (χ2v) is 13.5. The fraction of sp³-hybridized carbons (Fsp3) is 0.333. The quantitative estimate of drug-likeness (QED) is 0.0558. The molecule has 1 fully saturated rings. The van der Waals surface area contributed by atoms with Crippen LogP contribution in [-0.4, -0.2) is 99.1 Å². The third kappa shape index (κ3) is 6.43. The maximum atomic E-state index is 13.2. The molecule has 0 bridgehead atoms. The summed E-state index contributed by atoms with van der Waals surface area (Å²) in [4.78, 5) is 83.2. The molecule has 0 spiro atoms. The molecule has 2 amide bonds. The summed E-state index contributed by atoms with van der Waals surface area (Å²) in [6.07, 6.45) is 0. The van der Waals surface area contributed by atoms with E-state index in [1.165, 1.54) is 17.1 Å². The summed E-state index contributed by atoms with van der Waals surface area (Å²) in [6, 6.07) is -1.15. The number of thiazole rings is 1. The van der Waals surface area contributed by atoms with Gasteiger partial charge in [0.25, 0.3) is 22.8 Å². The summed E-state index contributed by atoms with van der Waals surface area (Å²) in [5, 5.41) is 35.4. The first kappa shape index (κ1) is 31.4. The number of nitrogen functional groups attached to an aromatic ring is 1. The maximum absolute atomic E-state index is 13.2. The number of carboxylic acids is 3. The third-order valence-electron chi connectivity index (χ3n) is 5.53. The minimum atomic E-state index is -1.42. The van der Waals surface area contributed by atoms with Crippen molar-refractivity contribution in [3.8, 4) is 0 Å². The van der Waals surface area contributed by atoms with E-state index in [0.717, 1.165) is 51.3 Å². The van der Waals surface area contributed by atoms with Crippen LogP contribution in [0.5, 0.6) is 0 Å². The van der Waals surface area contributed by atoms with Gasteiger partial charge in [-0.25, -0.2) is 19.4 Å². The number of aromatic carboxylic acids is 1. The number of hydrogen-bond donors (Lipinski definition) is 6. The van der Waals surface area contributed by atoms with E-state index in [1.807, 2.05) is 0 Å². The van der Waals surface area contributed by atoms with Gasteiger partial charge in [-0.3, -0.25) is 23.7 Å². The van der Waals surface area contributed by atoms with Crippen molar-refractivity contribution in [2.45, 2.75) is 28.0 Å². The van der Waals surface area contributed by atoms with E-state index in [0.29, 0.717) is 11.3 Å². The summed E-state index contributed by atoms with van der Waals surface area (Å²) in [5.41, 5.74) is 2.62.